The Bertz CT molecular complexity index is 1320. The smallest absolute Gasteiger partial charge is 0.261 e. The van der Waals surface area contributed by atoms with Crippen molar-refractivity contribution in [3.8, 4) is 0 Å². The summed E-state index contributed by atoms with van der Waals surface area (Å²) in [6.45, 7) is 0. The molecule has 0 radical (unpaired) electrons. The van der Waals surface area contributed by atoms with Crippen molar-refractivity contribution < 1.29 is 22.8 Å². The monoisotopic (exact) mass is 455 g/mol. The number of nitrogens with one attached hydrogen (secondary N) is 3. The number of hydrogen-bond acceptors (Lipinski definition) is 5. The Morgan fingerprint density at radius 3 is 2.23 bits per heavy atom. The van der Waals surface area contributed by atoms with Crippen molar-refractivity contribution in [2.45, 2.75) is 4.90 Å². The van der Waals surface area contributed by atoms with Crippen molar-refractivity contribution >= 4 is 50.7 Å². The summed E-state index contributed by atoms with van der Waals surface area (Å²) in [5.41, 5.74) is 0.996. The highest BCUT2D eigenvalue weighted by Gasteiger charge is 2.29. The second-order valence-electron chi connectivity index (χ2n) is 6.60. The molecule has 1 heterocycles. The molecule has 156 valence electrons. The van der Waals surface area contributed by atoms with Crippen molar-refractivity contribution in [2.75, 3.05) is 10.0 Å². The number of amides is 3. The van der Waals surface area contributed by atoms with Crippen LogP contribution < -0.4 is 15.4 Å². The molecule has 3 aromatic carbocycles. The van der Waals surface area contributed by atoms with Crippen LogP contribution in [0, 0.1) is 0 Å². The van der Waals surface area contributed by atoms with Crippen molar-refractivity contribution in [2.24, 2.45) is 0 Å². The minimum atomic E-state index is -3.82. The van der Waals surface area contributed by atoms with Gasteiger partial charge in [-0.3, -0.25) is 24.4 Å². The van der Waals surface area contributed by atoms with Gasteiger partial charge in [0.1, 0.15) is 0 Å². The SMILES string of the molecule is O=C(Nc1cccc2c1C(=O)NC2=O)c1ccc(NS(=O)(=O)c2ccc(Cl)cc2)cc1. The molecular weight excluding hydrogens is 442 g/mol. The highest BCUT2D eigenvalue weighted by Crippen LogP contribution is 2.25. The summed E-state index contributed by atoms with van der Waals surface area (Å²) >= 11 is 5.78. The van der Waals surface area contributed by atoms with Gasteiger partial charge < -0.3 is 5.32 Å². The molecular formula is C21H14ClN3O5S. The first-order valence-corrected chi connectivity index (χ1v) is 10.8. The van der Waals surface area contributed by atoms with Gasteiger partial charge in [0.2, 0.25) is 0 Å². The maximum atomic E-state index is 12.6. The Kier molecular flexibility index (Phi) is 5.22. The third-order valence-electron chi connectivity index (χ3n) is 4.53. The molecule has 0 saturated carbocycles. The summed E-state index contributed by atoms with van der Waals surface area (Å²) in [5, 5.41) is 5.20. The van der Waals surface area contributed by atoms with Crippen LogP contribution in [-0.4, -0.2) is 26.1 Å². The molecule has 10 heteroatoms. The number of carbonyl (C=O) groups excluding carboxylic acids is 3. The van der Waals surface area contributed by atoms with Gasteiger partial charge in [-0.1, -0.05) is 17.7 Å². The molecule has 3 amide bonds. The fraction of sp³-hybridized carbons (Fsp3) is 0. The van der Waals surface area contributed by atoms with Gasteiger partial charge >= 0.3 is 0 Å². The molecule has 0 fully saturated rings. The second kappa shape index (κ2) is 7.86. The van der Waals surface area contributed by atoms with Gasteiger partial charge in [0, 0.05) is 16.3 Å². The minimum absolute atomic E-state index is 0.0458. The van der Waals surface area contributed by atoms with Gasteiger partial charge in [0.15, 0.2) is 0 Å². The van der Waals surface area contributed by atoms with E-state index in [1.807, 2.05) is 0 Å². The van der Waals surface area contributed by atoms with Crippen molar-refractivity contribution in [3.63, 3.8) is 0 Å². The maximum Gasteiger partial charge on any atom is 0.261 e. The molecule has 3 aromatic rings. The quantitative estimate of drug-likeness (QED) is 0.510. The summed E-state index contributed by atoms with van der Waals surface area (Å²) in [6.07, 6.45) is 0. The fourth-order valence-electron chi connectivity index (χ4n) is 3.04. The van der Waals surface area contributed by atoms with Gasteiger partial charge in [-0.25, -0.2) is 8.42 Å². The predicted molar refractivity (Wildman–Crippen MR) is 115 cm³/mol. The number of fused-ring (bicyclic) bond motifs is 1. The van der Waals surface area contributed by atoms with E-state index in [1.165, 1.54) is 60.7 Å². The van der Waals surface area contributed by atoms with Crippen LogP contribution in [0.2, 0.25) is 5.02 Å². The Balaban J connectivity index is 1.50. The van der Waals surface area contributed by atoms with Crippen molar-refractivity contribution in [3.05, 3.63) is 88.4 Å². The summed E-state index contributed by atoms with van der Waals surface area (Å²) in [6, 6.07) is 16.0. The number of sulfonamides is 1. The van der Waals surface area contributed by atoms with Gasteiger partial charge in [0.25, 0.3) is 27.7 Å². The highest BCUT2D eigenvalue weighted by molar-refractivity contribution is 7.92. The summed E-state index contributed by atoms with van der Waals surface area (Å²) in [5.74, 6) is -1.62. The normalized spacial score (nSPS) is 12.8. The largest absolute Gasteiger partial charge is 0.321 e. The average molecular weight is 456 g/mol. The number of imide groups is 1. The lowest BCUT2D eigenvalue weighted by Gasteiger charge is -2.10. The third-order valence-corrected chi connectivity index (χ3v) is 6.18. The van der Waals surface area contributed by atoms with Crippen LogP contribution in [0.25, 0.3) is 0 Å². The standard InChI is InChI=1S/C21H14ClN3O5S/c22-13-6-10-15(11-7-13)31(29,30)25-14-8-4-12(5-9-14)19(26)23-17-3-1-2-16-18(17)21(28)24-20(16)27/h1-11,25H,(H,23,26)(H,24,27,28). The Hall–Kier alpha value is -3.69. The molecule has 31 heavy (non-hydrogen) atoms. The molecule has 0 atom stereocenters. The van der Waals surface area contributed by atoms with Gasteiger partial charge in [0.05, 0.1) is 21.7 Å². The summed E-state index contributed by atoms with van der Waals surface area (Å²) < 4.78 is 27.3. The minimum Gasteiger partial charge on any atom is -0.321 e. The van der Waals surface area contributed by atoms with Crippen LogP contribution in [0.3, 0.4) is 0 Å². The molecule has 0 spiro atoms. The number of hydrogen-bond donors (Lipinski definition) is 3. The first-order valence-electron chi connectivity index (χ1n) is 8.93. The van der Waals surface area contributed by atoms with Crippen LogP contribution in [0.15, 0.2) is 71.6 Å². The molecule has 0 aliphatic carbocycles. The molecule has 8 nitrogen and oxygen atoms in total. The molecule has 0 unspecified atom stereocenters. The van der Waals surface area contributed by atoms with E-state index in [0.717, 1.165) is 0 Å². The van der Waals surface area contributed by atoms with Crippen LogP contribution in [0.5, 0.6) is 0 Å². The molecule has 1 aliphatic heterocycles. The molecule has 1 aliphatic rings. The van der Waals surface area contributed by atoms with Crippen LogP contribution in [0.4, 0.5) is 11.4 Å². The van der Waals surface area contributed by atoms with E-state index in [2.05, 4.69) is 15.4 Å². The lowest BCUT2D eigenvalue weighted by Crippen LogP contribution is -2.21. The highest BCUT2D eigenvalue weighted by atomic mass is 35.5. The second-order valence-corrected chi connectivity index (χ2v) is 8.72. The molecule has 0 saturated heterocycles. The topological polar surface area (TPSA) is 121 Å². The molecule has 3 N–H and O–H groups in total. The first-order chi connectivity index (χ1) is 14.7. The van der Waals surface area contributed by atoms with Crippen molar-refractivity contribution in [1.29, 1.82) is 0 Å². The number of benzene rings is 3. The number of anilines is 2. The average Bonchev–Trinajstić information content (AvgIpc) is 3.03. The van der Waals surface area contributed by atoms with Crippen LogP contribution >= 0.6 is 11.6 Å². The van der Waals surface area contributed by atoms with Crippen molar-refractivity contribution in [1.82, 2.24) is 5.32 Å². The zero-order valence-electron chi connectivity index (χ0n) is 15.7. The zero-order valence-corrected chi connectivity index (χ0v) is 17.3. The van der Waals surface area contributed by atoms with E-state index in [1.54, 1.807) is 6.07 Å². The van der Waals surface area contributed by atoms with Crippen LogP contribution in [0.1, 0.15) is 31.1 Å². The maximum absolute atomic E-state index is 12.6. The van der Waals surface area contributed by atoms with Gasteiger partial charge in [-0.05, 0) is 60.7 Å². The predicted octanol–water partition coefficient (Wildman–Crippen LogP) is 3.28. The Morgan fingerprint density at radius 2 is 1.55 bits per heavy atom. The van der Waals surface area contributed by atoms with E-state index in [-0.39, 0.29) is 33.0 Å². The van der Waals surface area contributed by atoms with E-state index in [9.17, 15) is 22.8 Å². The third kappa shape index (κ3) is 4.14. The molecule has 0 bridgehead atoms. The Morgan fingerprint density at radius 1 is 0.871 bits per heavy atom. The van der Waals surface area contributed by atoms with E-state index in [4.69, 9.17) is 11.6 Å². The summed E-state index contributed by atoms with van der Waals surface area (Å²) in [4.78, 5) is 36.3. The molecule has 0 aromatic heterocycles. The number of halogens is 1. The fourth-order valence-corrected chi connectivity index (χ4v) is 4.22. The lowest BCUT2D eigenvalue weighted by atomic mass is 10.1. The Labute approximate surface area is 182 Å². The zero-order chi connectivity index (χ0) is 22.2. The van der Waals surface area contributed by atoms with Gasteiger partial charge in [-0.15, -0.1) is 0 Å². The van der Waals surface area contributed by atoms with E-state index in [0.29, 0.717) is 5.02 Å². The number of rotatable bonds is 5. The van der Waals surface area contributed by atoms with E-state index < -0.39 is 27.7 Å². The number of carbonyl (C=O) groups is 3. The first kappa shape index (κ1) is 20.6. The molecule has 4 rings (SSSR count). The van der Waals surface area contributed by atoms with Gasteiger partial charge in [-0.2, -0.15) is 0 Å². The van der Waals surface area contributed by atoms with Crippen LogP contribution in [-0.2, 0) is 10.0 Å². The summed E-state index contributed by atoms with van der Waals surface area (Å²) in [7, 11) is -3.82. The lowest BCUT2D eigenvalue weighted by molar-refractivity contribution is 0.0879. The van der Waals surface area contributed by atoms with E-state index >= 15 is 0 Å².